The average molecular weight is 392 g/mol. The summed E-state index contributed by atoms with van der Waals surface area (Å²) >= 11 is 1.20. The lowest BCUT2D eigenvalue weighted by atomic mass is 9.89. The van der Waals surface area contributed by atoms with Crippen molar-refractivity contribution in [1.82, 2.24) is 0 Å². The normalized spacial score (nSPS) is 15.4. The highest BCUT2D eigenvalue weighted by Gasteiger charge is 2.30. The highest BCUT2D eigenvalue weighted by atomic mass is 32.1. The number of nitrogens with zero attached hydrogens (tertiary/aromatic N) is 2. The molecule has 6 heteroatoms. The first-order chi connectivity index (χ1) is 13.6. The molecule has 5 nitrogen and oxygen atoms in total. The van der Waals surface area contributed by atoms with E-state index in [1.165, 1.54) is 11.3 Å². The maximum atomic E-state index is 12.0. The minimum absolute atomic E-state index is 0.198. The van der Waals surface area contributed by atoms with Gasteiger partial charge in [-0.3, -0.25) is 0 Å². The highest BCUT2D eigenvalue weighted by molar-refractivity contribution is 7.18. The number of rotatable bonds is 4. The predicted molar refractivity (Wildman–Crippen MR) is 110 cm³/mol. The van der Waals surface area contributed by atoms with E-state index in [2.05, 4.69) is 17.0 Å². The Bertz CT molecular complexity index is 1080. The van der Waals surface area contributed by atoms with Crippen LogP contribution < -0.4 is 4.90 Å². The summed E-state index contributed by atoms with van der Waals surface area (Å²) in [6.45, 7) is 4.47. The van der Waals surface area contributed by atoms with Gasteiger partial charge in [-0.15, -0.1) is 11.3 Å². The summed E-state index contributed by atoms with van der Waals surface area (Å²) < 4.78 is 5.40. The summed E-state index contributed by atoms with van der Waals surface area (Å²) in [5, 5.41) is 22.7. The van der Waals surface area contributed by atoms with Crippen LogP contribution in [0.5, 0.6) is 0 Å². The Labute approximate surface area is 167 Å². The molecule has 1 atom stereocenters. The quantitative estimate of drug-likeness (QED) is 0.710. The van der Waals surface area contributed by atoms with Crippen molar-refractivity contribution < 1.29 is 14.6 Å². The molecule has 4 rings (SSSR count). The number of morpholine rings is 1. The Morgan fingerprint density at radius 2 is 1.93 bits per heavy atom. The molecule has 1 fully saturated rings. The molecule has 2 aromatic carbocycles. The molecule has 1 saturated heterocycles. The molecule has 3 aromatic rings. The minimum Gasteiger partial charge on any atom is -0.477 e. The van der Waals surface area contributed by atoms with Crippen LogP contribution in [0.2, 0.25) is 0 Å². The van der Waals surface area contributed by atoms with Gasteiger partial charge in [0.05, 0.1) is 18.8 Å². The molecular weight excluding hydrogens is 372 g/mol. The van der Waals surface area contributed by atoms with Crippen molar-refractivity contribution in [2.24, 2.45) is 0 Å². The fourth-order valence-electron chi connectivity index (χ4n) is 3.74. The van der Waals surface area contributed by atoms with Crippen molar-refractivity contribution in [2.75, 3.05) is 31.2 Å². The molecule has 1 unspecified atom stereocenters. The number of benzene rings is 2. The van der Waals surface area contributed by atoms with Crippen molar-refractivity contribution >= 4 is 33.1 Å². The first kappa shape index (κ1) is 18.5. The number of fused-ring (bicyclic) bond motifs is 1. The first-order valence-corrected chi connectivity index (χ1v) is 10.0. The zero-order chi connectivity index (χ0) is 19.7. The number of nitriles is 1. The monoisotopic (exact) mass is 392 g/mol. The van der Waals surface area contributed by atoms with Crippen LogP contribution in [0.4, 0.5) is 5.00 Å². The number of carboxylic acids is 1. The van der Waals surface area contributed by atoms with E-state index in [1.54, 1.807) is 0 Å². The smallest absolute Gasteiger partial charge is 0.346 e. The molecule has 1 aliphatic rings. The number of hydrogen-bond donors (Lipinski definition) is 1. The molecule has 0 amide bonds. The Kier molecular flexibility index (Phi) is 5.03. The van der Waals surface area contributed by atoms with Gasteiger partial charge >= 0.3 is 5.97 Å². The summed E-state index contributed by atoms with van der Waals surface area (Å²) in [5.74, 6) is -1.18. The molecule has 1 aliphatic heterocycles. The molecule has 1 N–H and O–H groups in total. The third kappa shape index (κ3) is 3.24. The van der Waals surface area contributed by atoms with E-state index in [1.807, 2.05) is 43.3 Å². The number of carbonyl (C=O) groups is 1. The van der Waals surface area contributed by atoms with Gasteiger partial charge in [0.2, 0.25) is 0 Å². The van der Waals surface area contributed by atoms with Crippen LogP contribution in [-0.2, 0) is 4.74 Å². The van der Waals surface area contributed by atoms with Crippen LogP contribution in [0, 0.1) is 11.3 Å². The van der Waals surface area contributed by atoms with Crippen molar-refractivity contribution in [3.8, 4) is 6.07 Å². The zero-order valence-corrected chi connectivity index (χ0v) is 16.3. The van der Waals surface area contributed by atoms with Gasteiger partial charge < -0.3 is 14.7 Å². The molecule has 1 aromatic heterocycles. The lowest BCUT2D eigenvalue weighted by molar-refractivity contribution is 0.0701. The largest absolute Gasteiger partial charge is 0.477 e. The van der Waals surface area contributed by atoms with Crippen LogP contribution in [0.25, 0.3) is 10.8 Å². The van der Waals surface area contributed by atoms with E-state index in [4.69, 9.17) is 4.74 Å². The highest BCUT2D eigenvalue weighted by Crippen LogP contribution is 2.42. The lowest BCUT2D eigenvalue weighted by Gasteiger charge is -2.27. The van der Waals surface area contributed by atoms with Crippen LogP contribution in [-0.4, -0.2) is 37.4 Å². The molecule has 28 heavy (non-hydrogen) atoms. The second-order valence-corrected chi connectivity index (χ2v) is 7.87. The standard InChI is InChI=1S/C22H20N2O3S/c1-14(16-7-6-15-4-2-3-5-17(15)12-16)19-18(13-23)21(28-20(19)22(25)26)24-8-10-27-11-9-24/h2-7,12,14H,8-11H2,1H3,(H,25,26). The van der Waals surface area contributed by atoms with Gasteiger partial charge in [0.15, 0.2) is 0 Å². The Morgan fingerprint density at radius 3 is 2.61 bits per heavy atom. The van der Waals surface area contributed by atoms with E-state index in [0.717, 1.165) is 21.3 Å². The van der Waals surface area contributed by atoms with Crippen LogP contribution in [0.3, 0.4) is 0 Å². The number of thiophene rings is 1. The lowest BCUT2D eigenvalue weighted by Crippen LogP contribution is -2.36. The fraction of sp³-hybridized carbons (Fsp3) is 0.273. The molecule has 0 bridgehead atoms. The molecule has 0 aliphatic carbocycles. The topological polar surface area (TPSA) is 73.6 Å². The molecule has 2 heterocycles. The van der Waals surface area contributed by atoms with E-state index >= 15 is 0 Å². The van der Waals surface area contributed by atoms with Gasteiger partial charge in [0.1, 0.15) is 15.9 Å². The maximum absolute atomic E-state index is 12.0. The second kappa shape index (κ2) is 7.63. The number of ether oxygens (including phenoxy) is 1. The Morgan fingerprint density at radius 1 is 1.21 bits per heavy atom. The zero-order valence-electron chi connectivity index (χ0n) is 15.5. The number of anilines is 1. The van der Waals surface area contributed by atoms with Gasteiger partial charge in [0, 0.05) is 24.6 Å². The summed E-state index contributed by atoms with van der Waals surface area (Å²) in [6.07, 6.45) is 0. The third-order valence-electron chi connectivity index (χ3n) is 5.24. The summed E-state index contributed by atoms with van der Waals surface area (Å²) in [5.41, 5.74) is 2.09. The summed E-state index contributed by atoms with van der Waals surface area (Å²) in [4.78, 5) is 14.3. The molecule has 0 saturated carbocycles. The van der Waals surface area contributed by atoms with Crippen molar-refractivity contribution in [2.45, 2.75) is 12.8 Å². The van der Waals surface area contributed by atoms with Crippen molar-refractivity contribution in [3.05, 3.63) is 64.0 Å². The maximum Gasteiger partial charge on any atom is 0.346 e. The number of aromatic carboxylic acids is 1. The Hall–Kier alpha value is -2.88. The van der Waals surface area contributed by atoms with Crippen molar-refractivity contribution in [3.63, 3.8) is 0 Å². The third-order valence-corrected chi connectivity index (χ3v) is 6.49. The predicted octanol–water partition coefficient (Wildman–Crippen LogP) is 4.46. The van der Waals surface area contributed by atoms with E-state index < -0.39 is 5.97 Å². The molecular formula is C22H20N2O3S. The Balaban J connectivity index is 1.83. The van der Waals surface area contributed by atoms with Crippen LogP contribution in [0.1, 0.15) is 39.2 Å². The van der Waals surface area contributed by atoms with Gasteiger partial charge in [0.25, 0.3) is 0 Å². The van der Waals surface area contributed by atoms with E-state index in [9.17, 15) is 15.2 Å². The van der Waals surface area contributed by atoms with Gasteiger partial charge in [-0.25, -0.2) is 4.79 Å². The fourth-order valence-corrected chi connectivity index (χ4v) is 4.98. The SMILES string of the molecule is CC(c1ccc2ccccc2c1)c1c(C(=O)O)sc(N2CCOCC2)c1C#N. The minimum atomic E-state index is -0.983. The summed E-state index contributed by atoms with van der Waals surface area (Å²) in [6, 6.07) is 16.5. The van der Waals surface area contributed by atoms with Gasteiger partial charge in [-0.05, 0) is 16.3 Å². The summed E-state index contributed by atoms with van der Waals surface area (Å²) in [7, 11) is 0. The first-order valence-electron chi connectivity index (χ1n) is 9.21. The van der Waals surface area contributed by atoms with Crippen molar-refractivity contribution in [1.29, 1.82) is 5.26 Å². The van der Waals surface area contributed by atoms with Gasteiger partial charge in [-0.2, -0.15) is 5.26 Å². The van der Waals surface area contributed by atoms with E-state index in [-0.39, 0.29) is 10.8 Å². The van der Waals surface area contributed by atoms with Crippen LogP contribution in [0.15, 0.2) is 42.5 Å². The second-order valence-electron chi connectivity index (χ2n) is 6.87. The van der Waals surface area contributed by atoms with Crippen LogP contribution >= 0.6 is 11.3 Å². The molecule has 142 valence electrons. The molecule has 0 spiro atoms. The molecule has 0 radical (unpaired) electrons. The van der Waals surface area contributed by atoms with E-state index in [0.29, 0.717) is 37.4 Å². The van der Waals surface area contributed by atoms with Gasteiger partial charge in [-0.1, -0.05) is 49.4 Å². The average Bonchev–Trinajstić information content (AvgIpc) is 3.13. The number of carboxylic acid groups (broad SMARTS) is 1. The number of hydrogen-bond acceptors (Lipinski definition) is 5.